The molecule has 0 unspecified atom stereocenters. The standard InChI is InChI=1S/C8H5ClF3N3.C2H6/c1-4-7(8(10,11)12)13-6-3-2-5(9)14-15(4)6;1-2/h2-3H,1H3;1-2H3. The molecule has 0 saturated heterocycles. The van der Waals surface area contributed by atoms with Crippen LogP contribution in [0, 0.1) is 6.92 Å². The topological polar surface area (TPSA) is 30.2 Å². The summed E-state index contributed by atoms with van der Waals surface area (Å²) < 4.78 is 38.4. The predicted molar refractivity (Wildman–Crippen MR) is 59.1 cm³/mol. The Bertz CT molecular complexity index is 519. The Morgan fingerprint density at radius 1 is 1.24 bits per heavy atom. The monoisotopic (exact) mass is 265 g/mol. The third-order valence-corrected chi connectivity index (χ3v) is 2.14. The molecular formula is C10H11ClF3N3. The van der Waals surface area contributed by atoms with Crippen LogP contribution in [0.15, 0.2) is 12.1 Å². The molecule has 94 valence electrons. The van der Waals surface area contributed by atoms with E-state index in [2.05, 4.69) is 10.1 Å². The molecule has 17 heavy (non-hydrogen) atoms. The molecule has 0 spiro atoms. The molecule has 0 aromatic carbocycles. The molecule has 0 fully saturated rings. The average Bonchev–Trinajstić information content (AvgIpc) is 2.59. The minimum Gasteiger partial charge on any atom is -0.222 e. The van der Waals surface area contributed by atoms with Crippen molar-refractivity contribution in [1.29, 1.82) is 0 Å². The normalized spacial score (nSPS) is 11.2. The molecule has 2 aromatic rings. The van der Waals surface area contributed by atoms with E-state index in [9.17, 15) is 13.2 Å². The maximum atomic E-state index is 12.5. The van der Waals surface area contributed by atoms with Gasteiger partial charge in [0.05, 0.1) is 5.69 Å². The highest BCUT2D eigenvalue weighted by Gasteiger charge is 2.36. The second kappa shape index (κ2) is 4.91. The maximum absolute atomic E-state index is 12.5. The summed E-state index contributed by atoms with van der Waals surface area (Å²) in [5.74, 6) is 0. The van der Waals surface area contributed by atoms with E-state index in [1.807, 2.05) is 13.8 Å². The Morgan fingerprint density at radius 3 is 2.35 bits per heavy atom. The smallest absolute Gasteiger partial charge is 0.222 e. The van der Waals surface area contributed by atoms with Crippen LogP contribution in [0.2, 0.25) is 5.15 Å². The number of alkyl halides is 3. The van der Waals surface area contributed by atoms with Crippen molar-refractivity contribution in [1.82, 2.24) is 14.6 Å². The zero-order chi connectivity index (χ0) is 13.2. The number of rotatable bonds is 0. The van der Waals surface area contributed by atoms with Crippen LogP contribution in [0.3, 0.4) is 0 Å². The Morgan fingerprint density at radius 2 is 1.82 bits per heavy atom. The largest absolute Gasteiger partial charge is 0.435 e. The zero-order valence-electron chi connectivity index (χ0n) is 9.51. The summed E-state index contributed by atoms with van der Waals surface area (Å²) in [6.45, 7) is 5.30. The Labute approximate surface area is 101 Å². The molecule has 0 bridgehead atoms. The highest BCUT2D eigenvalue weighted by Crippen LogP contribution is 2.31. The minimum absolute atomic E-state index is 0.0694. The van der Waals surface area contributed by atoms with Gasteiger partial charge in [0.2, 0.25) is 0 Å². The third kappa shape index (κ3) is 2.69. The van der Waals surface area contributed by atoms with Gasteiger partial charge in [0, 0.05) is 0 Å². The fourth-order valence-corrected chi connectivity index (χ4v) is 1.43. The lowest BCUT2D eigenvalue weighted by atomic mass is 10.3. The fourth-order valence-electron chi connectivity index (χ4n) is 1.29. The van der Waals surface area contributed by atoms with E-state index in [1.165, 1.54) is 19.1 Å². The summed E-state index contributed by atoms with van der Waals surface area (Å²) in [4.78, 5) is 3.44. The van der Waals surface area contributed by atoms with Crippen LogP contribution in [0.25, 0.3) is 5.65 Å². The lowest BCUT2D eigenvalue weighted by Crippen LogP contribution is -2.08. The van der Waals surface area contributed by atoms with Crippen molar-refractivity contribution in [2.24, 2.45) is 0 Å². The summed E-state index contributed by atoms with van der Waals surface area (Å²) in [5, 5.41) is 3.85. The second-order valence-electron chi connectivity index (χ2n) is 2.97. The van der Waals surface area contributed by atoms with Crippen molar-refractivity contribution in [2.75, 3.05) is 0 Å². The predicted octanol–water partition coefficient (Wildman–Crippen LogP) is 3.74. The van der Waals surface area contributed by atoms with Crippen molar-refractivity contribution in [2.45, 2.75) is 26.9 Å². The van der Waals surface area contributed by atoms with Gasteiger partial charge in [0.25, 0.3) is 0 Å². The first-order valence-corrected chi connectivity index (χ1v) is 5.36. The van der Waals surface area contributed by atoms with Crippen molar-refractivity contribution in [3.63, 3.8) is 0 Å². The van der Waals surface area contributed by atoms with E-state index in [1.54, 1.807) is 0 Å². The Kier molecular flexibility index (Phi) is 3.98. The van der Waals surface area contributed by atoms with Gasteiger partial charge in [-0.05, 0) is 19.1 Å². The van der Waals surface area contributed by atoms with Gasteiger partial charge in [-0.3, -0.25) is 0 Å². The molecule has 0 aliphatic heterocycles. The number of imidazole rings is 1. The van der Waals surface area contributed by atoms with Gasteiger partial charge in [-0.1, -0.05) is 25.4 Å². The zero-order valence-corrected chi connectivity index (χ0v) is 10.3. The summed E-state index contributed by atoms with van der Waals surface area (Å²) in [6.07, 6.45) is -4.47. The van der Waals surface area contributed by atoms with Gasteiger partial charge in [-0.15, -0.1) is 0 Å². The number of aryl methyl sites for hydroxylation is 1. The maximum Gasteiger partial charge on any atom is 0.435 e. The summed E-state index contributed by atoms with van der Waals surface area (Å²) in [6, 6.07) is 2.78. The van der Waals surface area contributed by atoms with Crippen LogP contribution < -0.4 is 0 Å². The van der Waals surface area contributed by atoms with Crippen molar-refractivity contribution in [3.05, 3.63) is 28.7 Å². The van der Waals surface area contributed by atoms with Crippen molar-refractivity contribution >= 4 is 17.2 Å². The number of hydrogen-bond acceptors (Lipinski definition) is 2. The molecule has 0 aliphatic carbocycles. The van der Waals surface area contributed by atoms with E-state index in [4.69, 9.17) is 11.6 Å². The second-order valence-corrected chi connectivity index (χ2v) is 3.36. The van der Waals surface area contributed by atoms with Gasteiger partial charge in [0.1, 0.15) is 5.15 Å². The van der Waals surface area contributed by atoms with Crippen LogP contribution in [-0.2, 0) is 6.18 Å². The number of hydrogen-bond donors (Lipinski definition) is 0. The van der Waals surface area contributed by atoms with Crippen LogP contribution in [0.5, 0.6) is 0 Å². The summed E-state index contributed by atoms with van der Waals surface area (Å²) in [7, 11) is 0. The van der Waals surface area contributed by atoms with Gasteiger partial charge in [-0.2, -0.15) is 18.3 Å². The highest BCUT2D eigenvalue weighted by molar-refractivity contribution is 6.29. The molecule has 2 heterocycles. The SMILES string of the molecule is CC.Cc1c(C(F)(F)F)nc2ccc(Cl)nn12. The first kappa shape index (κ1) is 13.8. The minimum atomic E-state index is -4.47. The first-order valence-electron chi connectivity index (χ1n) is 4.98. The summed E-state index contributed by atoms with van der Waals surface area (Å²) >= 11 is 5.57. The van der Waals surface area contributed by atoms with E-state index in [0.717, 1.165) is 4.52 Å². The quantitative estimate of drug-likeness (QED) is 0.726. The molecule has 2 rings (SSSR count). The van der Waals surface area contributed by atoms with Gasteiger partial charge in [0.15, 0.2) is 11.3 Å². The third-order valence-electron chi connectivity index (χ3n) is 1.94. The van der Waals surface area contributed by atoms with Crippen LogP contribution in [-0.4, -0.2) is 14.6 Å². The van der Waals surface area contributed by atoms with Gasteiger partial charge in [-0.25, -0.2) is 9.50 Å². The van der Waals surface area contributed by atoms with E-state index < -0.39 is 11.9 Å². The molecule has 0 amide bonds. The van der Waals surface area contributed by atoms with Crippen LogP contribution in [0.4, 0.5) is 13.2 Å². The van der Waals surface area contributed by atoms with Crippen molar-refractivity contribution < 1.29 is 13.2 Å². The van der Waals surface area contributed by atoms with E-state index in [0.29, 0.717) is 0 Å². The lowest BCUT2D eigenvalue weighted by Gasteiger charge is -2.02. The molecule has 0 N–H and O–H groups in total. The van der Waals surface area contributed by atoms with Crippen LogP contribution in [0.1, 0.15) is 25.2 Å². The van der Waals surface area contributed by atoms with E-state index >= 15 is 0 Å². The number of fused-ring (bicyclic) bond motifs is 1. The Hall–Kier alpha value is -1.30. The molecule has 0 radical (unpaired) electrons. The van der Waals surface area contributed by atoms with Crippen LogP contribution >= 0.6 is 11.6 Å². The Balaban J connectivity index is 0.000000686. The number of halogens is 4. The van der Waals surface area contributed by atoms with Gasteiger partial charge < -0.3 is 0 Å². The molecule has 3 nitrogen and oxygen atoms in total. The lowest BCUT2D eigenvalue weighted by molar-refractivity contribution is -0.141. The molecule has 0 saturated carbocycles. The number of aromatic nitrogens is 3. The molecule has 0 aliphatic rings. The van der Waals surface area contributed by atoms with Crippen molar-refractivity contribution in [3.8, 4) is 0 Å². The molecular weight excluding hydrogens is 255 g/mol. The molecule has 7 heteroatoms. The van der Waals surface area contributed by atoms with Gasteiger partial charge >= 0.3 is 6.18 Å². The molecule has 0 atom stereocenters. The number of nitrogens with zero attached hydrogens (tertiary/aromatic N) is 3. The average molecular weight is 266 g/mol. The fraction of sp³-hybridized carbons (Fsp3) is 0.400. The molecule has 2 aromatic heterocycles. The highest BCUT2D eigenvalue weighted by atomic mass is 35.5. The first-order chi connectivity index (χ1) is 7.89. The summed E-state index contributed by atoms with van der Waals surface area (Å²) in [5.41, 5.74) is -0.874. The van der Waals surface area contributed by atoms with E-state index in [-0.39, 0.29) is 16.5 Å².